The highest BCUT2D eigenvalue weighted by molar-refractivity contribution is 7.47. The molecule has 0 spiro atoms. The molecule has 1 aliphatic carbocycles. The number of phosphoric ester groups is 1. The lowest BCUT2D eigenvalue weighted by Gasteiger charge is -2.50. The molecule has 3 fully saturated rings. The van der Waals surface area contributed by atoms with Gasteiger partial charge in [-0.15, -0.1) is 0 Å². The molecule has 10 N–H and O–H groups in total. The standard InChI is InChI=1S/C92H169O25P/c1-6-10-14-18-22-25-28-31-33-36-38-41-44-51-57-63-75(94)108-68-72(111-77(96)65-59-53-46-43-40-35-30-27-24-20-16-12-8-3)69-110-118(106,107)117-90-88(115-91-85(104)81(100)79(98)73(67-93)112-91)84(103)83(102)87(114-78(97)66-60-54-48-47-50-56-62-71(5)61-55-49-21-17-13-9-4)89(90)116-92-86(105)82(101)80(99)74(113-92)70-109-76(95)64-58-52-45-42-39-37-34-32-29-26-23-19-15-11-7-2/h25-26,28-29,71-74,79-93,98-105H,6-24,27,30-70H2,1-5H3,(H,106,107)/b28-25-,29-26-. The van der Waals surface area contributed by atoms with E-state index in [4.69, 9.17) is 46.9 Å². The van der Waals surface area contributed by atoms with Crippen molar-refractivity contribution >= 4 is 31.7 Å². The summed E-state index contributed by atoms with van der Waals surface area (Å²) in [7, 11) is -5.81. The molecule has 2 saturated heterocycles. The lowest BCUT2D eigenvalue weighted by Crippen LogP contribution is -2.70. The van der Waals surface area contributed by atoms with Crippen molar-refractivity contribution in [1.29, 1.82) is 0 Å². The van der Waals surface area contributed by atoms with Gasteiger partial charge in [-0.2, -0.15) is 0 Å². The van der Waals surface area contributed by atoms with Gasteiger partial charge in [-0.3, -0.25) is 28.2 Å². The number of allylic oxidation sites excluding steroid dienone is 4. The van der Waals surface area contributed by atoms with Crippen molar-refractivity contribution in [2.45, 2.75) is 505 Å². The van der Waals surface area contributed by atoms with Crippen molar-refractivity contribution in [1.82, 2.24) is 0 Å². The molecular formula is C92H169O25P. The Hall–Kier alpha value is -3.05. The van der Waals surface area contributed by atoms with E-state index >= 15 is 0 Å². The topological polar surface area (TPSA) is 380 Å². The van der Waals surface area contributed by atoms with Crippen LogP contribution in [0.3, 0.4) is 0 Å². The molecule has 0 bridgehead atoms. The highest BCUT2D eigenvalue weighted by Crippen LogP contribution is 2.49. The van der Waals surface area contributed by atoms with Gasteiger partial charge in [0, 0.05) is 25.7 Å². The Morgan fingerprint density at radius 3 is 1.10 bits per heavy atom. The zero-order valence-electron chi connectivity index (χ0n) is 73.9. The second kappa shape index (κ2) is 70.2. The van der Waals surface area contributed by atoms with E-state index in [-0.39, 0.29) is 25.7 Å². The quantitative estimate of drug-likeness (QED) is 0.00889. The first-order valence-corrected chi connectivity index (χ1v) is 49.0. The van der Waals surface area contributed by atoms with Crippen LogP contribution < -0.4 is 0 Å². The highest BCUT2D eigenvalue weighted by Gasteiger charge is 2.60. The maximum atomic E-state index is 14.9. The first kappa shape index (κ1) is 109. The van der Waals surface area contributed by atoms with Crippen LogP contribution in [0.4, 0.5) is 0 Å². The lowest BCUT2D eigenvalue weighted by molar-refractivity contribution is -0.360. The van der Waals surface area contributed by atoms with E-state index < -0.39 is 162 Å². The molecule has 2 heterocycles. The fraction of sp³-hybridized carbons (Fsp3) is 0.913. The molecule has 26 heteroatoms. The number of hydrogen-bond donors (Lipinski definition) is 10. The predicted octanol–water partition coefficient (Wildman–Crippen LogP) is 17.6. The first-order valence-electron chi connectivity index (χ1n) is 47.5. The van der Waals surface area contributed by atoms with E-state index in [1.165, 1.54) is 141 Å². The van der Waals surface area contributed by atoms with Crippen molar-refractivity contribution in [2.24, 2.45) is 5.92 Å². The fourth-order valence-corrected chi connectivity index (χ4v) is 16.6. The Bertz CT molecular complexity index is 2570. The molecular weight excluding hydrogens is 1540 g/mol. The molecule has 0 amide bonds. The summed E-state index contributed by atoms with van der Waals surface area (Å²) in [6.45, 7) is 7.87. The van der Waals surface area contributed by atoms with E-state index in [0.29, 0.717) is 38.0 Å². The van der Waals surface area contributed by atoms with Gasteiger partial charge < -0.3 is 88.7 Å². The second-order valence-electron chi connectivity index (χ2n) is 34.1. The normalized spacial score (nSPS) is 25.3. The molecule has 19 unspecified atom stereocenters. The van der Waals surface area contributed by atoms with Gasteiger partial charge in [0.05, 0.1) is 13.2 Å². The molecule has 0 radical (unpaired) electrons. The molecule has 3 aliphatic rings. The van der Waals surface area contributed by atoms with Gasteiger partial charge in [-0.25, -0.2) is 4.57 Å². The number of aliphatic hydroxyl groups is 9. The molecule has 0 aromatic carbocycles. The van der Waals surface area contributed by atoms with Gasteiger partial charge in [0.2, 0.25) is 0 Å². The Kier molecular flexibility index (Phi) is 64.9. The van der Waals surface area contributed by atoms with Gasteiger partial charge in [-0.1, -0.05) is 322 Å². The first-order chi connectivity index (χ1) is 57.1. The van der Waals surface area contributed by atoms with E-state index in [1.807, 2.05) is 0 Å². The number of unbranched alkanes of at least 4 members (excludes halogenated alkanes) is 44. The Morgan fingerprint density at radius 2 is 0.686 bits per heavy atom. The van der Waals surface area contributed by atoms with E-state index in [1.54, 1.807) is 0 Å². The lowest BCUT2D eigenvalue weighted by atomic mass is 9.84. The monoisotopic (exact) mass is 1710 g/mol. The van der Waals surface area contributed by atoms with Gasteiger partial charge in [-0.05, 0) is 83.0 Å². The minimum atomic E-state index is -5.81. The third kappa shape index (κ3) is 50.2. The van der Waals surface area contributed by atoms with Crippen LogP contribution in [0, 0.1) is 5.92 Å². The molecule has 1 saturated carbocycles. The van der Waals surface area contributed by atoms with Gasteiger partial charge in [0.25, 0.3) is 0 Å². The summed E-state index contributed by atoms with van der Waals surface area (Å²) in [6.07, 6.45) is 28.8. The van der Waals surface area contributed by atoms with Crippen LogP contribution in [0.5, 0.6) is 0 Å². The molecule has 692 valence electrons. The number of carbonyl (C=O) groups is 4. The Balaban J connectivity index is 1.92. The highest BCUT2D eigenvalue weighted by atomic mass is 31.2. The van der Waals surface area contributed by atoms with Gasteiger partial charge in [0.15, 0.2) is 24.8 Å². The number of rotatable bonds is 76. The second-order valence-corrected chi connectivity index (χ2v) is 35.6. The molecule has 0 aromatic rings. The van der Waals surface area contributed by atoms with Crippen LogP contribution in [0.15, 0.2) is 24.3 Å². The average molecular weight is 1710 g/mol. The average Bonchev–Trinajstić information content (AvgIpc) is 0.753. The SMILES string of the molecule is CCCCCC/C=C\CCCCCCCCCC(=O)OCC(COP(=O)(O)OC1C(OC2OC(CO)C(O)C(O)C2O)C(O)C(O)C(OC(=O)CCCCCCCCC(C)CCCCCCCC)C1OC1OC(COC(=O)CCCCCCCCC/C=C\CCCCCC)C(O)C(O)C1O)OC(=O)CCCCCCCCCCCCCCC. The van der Waals surface area contributed by atoms with Gasteiger partial charge in [0.1, 0.15) is 92.6 Å². The number of aliphatic hydroxyl groups excluding tert-OH is 9. The molecule has 3 rings (SSSR count). The zero-order chi connectivity index (χ0) is 86.2. The molecule has 19 atom stereocenters. The van der Waals surface area contributed by atoms with Crippen LogP contribution in [0.1, 0.15) is 401 Å². The number of phosphoric acid groups is 1. The summed E-state index contributed by atoms with van der Waals surface area (Å²) >= 11 is 0. The van der Waals surface area contributed by atoms with Crippen molar-refractivity contribution in [3.63, 3.8) is 0 Å². The maximum absolute atomic E-state index is 14.9. The molecule has 2 aliphatic heterocycles. The van der Waals surface area contributed by atoms with Crippen LogP contribution in [-0.4, -0.2) is 205 Å². The van der Waals surface area contributed by atoms with E-state index in [0.717, 1.165) is 167 Å². The summed E-state index contributed by atoms with van der Waals surface area (Å²) < 4.78 is 73.5. The predicted molar refractivity (Wildman–Crippen MR) is 458 cm³/mol. The summed E-state index contributed by atoms with van der Waals surface area (Å²) in [6, 6.07) is 0. The largest absolute Gasteiger partial charge is 0.472 e. The third-order valence-corrected chi connectivity index (χ3v) is 24.3. The van der Waals surface area contributed by atoms with Crippen molar-refractivity contribution in [3.8, 4) is 0 Å². The van der Waals surface area contributed by atoms with Gasteiger partial charge >= 0.3 is 31.7 Å². The minimum Gasteiger partial charge on any atom is -0.463 e. The molecule has 0 aromatic heterocycles. The van der Waals surface area contributed by atoms with E-state index in [9.17, 15) is 74.6 Å². The maximum Gasteiger partial charge on any atom is 0.472 e. The van der Waals surface area contributed by atoms with Crippen LogP contribution in [0.25, 0.3) is 0 Å². The number of carbonyl (C=O) groups excluding carboxylic acids is 4. The van der Waals surface area contributed by atoms with Crippen LogP contribution in [0.2, 0.25) is 0 Å². The molecule has 118 heavy (non-hydrogen) atoms. The summed E-state index contributed by atoms with van der Waals surface area (Å²) in [5, 5.41) is 102. The minimum absolute atomic E-state index is 0.00930. The van der Waals surface area contributed by atoms with Crippen LogP contribution in [-0.2, 0) is 70.7 Å². The van der Waals surface area contributed by atoms with Crippen molar-refractivity contribution in [3.05, 3.63) is 24.3 Å². The number of hydrogen-bond acceptors (Lipinski definition) is 24. The Labute approximate surface area is 711 Å². The summed E-state index contributed by atoms with van der Waals surface area (Å²) in [5.74, 6) is -2.34. The summed E-state index contributed by atoms with van der Waals surface area (Å²) in [5.41, 5.74) is 0. The number of esters is 4. The van der Waals surface area contributed by atoms with Crippen molar-refractivity contribution in [2.75, 3.05) is 26.4 Å². The van der Waals surface area contributed by atoms with Crippen molar-refractivity contribution < 1.29 is 122 Å². The molecule has 25 nitrogen and oxygen atoms in total. The van der Waals surface area contributed by atoms with Crippen LogP contribution >= 0.6 is 7.82 Å². The smallest absolute Gasteiger partial charge is 0.463 e. The van der Waals surface area contributed by atoms with E-state index in [2.05, 4.69) is 58.9 Å². The third-order valence-electron chi connectivity index (χ3n) is 23.3. The zero-order valence-corrected chi connectivity index (χ0v) is 74.8. The summed E-state index contributed by atoms with van der Waals surface area (Å²) in [4.78, 5) is 66.5. The fourth-order valence-electron chi connectivity index (χ4n) is 15.7. The Morgan fingerprint density at radius 1 is 0.356 bits per heavy atom. The number of ether oxygens (including phenoxy) is 8.